The monoisotopic (exact) mass is 512 g/mol. The largest absolute Gasteiger partial charge is 0.484 e. The van der Waals surface area contributed by atoms with Crippen LogP contribution >= 0.6 is 0 Å². The molecule has 0 bridgehead atoms. The van der Waals surface area contributed by atoms with Crippen LogP contribution in [0.5, 0.6) is 5.75 Å². The third kappa shape index (κ3) is 6.63. The zero-order chi connectivity index (χ0) is 26.6. The van der Waals surface area contributed by atoms with Gasteiger partial charge in [0.15, 0.2) is 17.4 Å². The number of esters is 2. The van der Waals surface area contributed by atoms with Crippen molar-refractivity contribution in [2.24, 2.45) is 5.92 Å². The maximum absolute atomic E-state index is 15.0. The van der Waals surface area contributed by atoms with Gasteiger partial charge < -0.3 is 29.2 Å². The normalized spacial score (nSPS) is 20.4. The lowest BCUT2D eigenvalue weighted by Gasteiger charge is -2.38. The van der Waals surface area contributed by atoms with Gasteiger partial charge in [-0.25, -0.2) is 23.2 Å². The molecule has 200 valence electrons. The highest BCUT2D eigenvalue weighted by atomic mass is 19.1. The van der Waals surface area contributed by atoms with E-state index >= 15 is 0 Å². The van der Waals surface area contributed by atoms with E-state index in [2.05, 4.69) is 14.8 Å². The third-order valence-electron chi connectivity index (χ3n) is 6.31. The highest BCUT2D eigenvalue weighted by Crippen LogP contribution is 2.33. The first kappa shape index (κ1) is 27.6. The summed E-state index contributed by atoms with van der Waals surface area (Å²) in [5, 5.41) is 3.45. The predicted octanol–water partition coefficient (Wildman–Crippen LogP) is 3.68. The van der Waals surface area contributed by atoms with Gasteiger partial charge in [-0.15, -0.1) is 0 Å². The Hall–Kier alpha value is -2.95. The number of hydrogen-bond acceptors (Lipinski definition) is 8. The Morgan fingerprint density at radius 2 is 1.67 bits per heavy atom. The van der Waals surface area contributed by atoms with Crippen LogP contribution in [0.3, 0.4) is 0 Å². The molecule has 1 amide bonds. The number of ether oxygens (including phenoxy) is 4. The summed E-state index contributed by atoms with van der Waals surface area (Å²) in [6, 6.07) is 0.841. The number of nitrogens with one attached hydrogen (secondary N) is 1. The number of carbonyl (C=O) groups is 3. The van der Waals surface area contributed by atoms with Crippen molar-refractivity contribution in [1.29, 1.82) is 0 Å². The Balaban J connectivity index is 1.49. The van der Waals surface area contributed by atoms with Crippen LogP contribution in [0.1, 0.15) is 67.2 Å². The van der Waals surface area contributed by atoms with Crippen LogP contribution < -0.4 is 10.1 Å². The number of methoxy groups -OCH3 is 2. The Morgan fingerprint density at radius 3 is 2.22 bits per heavy atom. The molecule has 1 heterocycles. The highest BCUT2D eigenvalue weighted by molar-refractivity contribution is 6.03. The fraction of sp³-hybridized carbons (Fsp3) is 0.640. The van der Waals surface area contributed by atoms with Gasteiger partial charge in [-0.3, -0.25) is 0 Å². The van der Waals surface area contributed by atoms with Gasteiger partial charge in [-0.1, -0.05) is 0 Å². The second-order valence-electron chi connectivity index (χ2n) is 10.1. The first-order valence-electron chi connectivity index (χ1n) is 12.0. The molecule has 1 N–H and O–H groups in total. The minimum atomic E-state index is -1.30. The Kier molecular flexibility index (Phi) is 8.76. The summed E-state index contributed by atoms with van der Waals surface area (Å²) in [5.41, 5.74) is -1.82. The maximum atomic E-state index is 15.0. The molecule has 0 atom stereocenters. The van der Waals surface area contributed by atoms with Crippen LogP contribution in [0.25, 0.3) is 0 Å². The van der Waals surface area contributed by atoms with Crippen LogP contribution in [0.15, 0.2) is 6.07 Å². The summed E-state index contributed by atoms with van der Waals surface area (Å²) < 4.78 is 49.5. The lowest BCUT2D eigenvalue weighted by atomic mass is 9.88. The van der Waals surface area contributed by atoms with Gasteiger partial charge in [-0.2, -0.15) is 0 Å². The number of rotatable bonds is 7. The number of carbonyl (C=O) groups excluding carboxylic acids is 3. The first-order valence-corrected chi connectivity index (χ1v) is 12.0. The van der Waals surface area contributed by atoms with Gasteiger partial charge in [-0.05, 0) is 65.0 Å². The number of nitrogens with zero attached hydrogens (tertiary/aromatic N) is 1. The van der Waals surface area contributed by atoms with Gasteiger partial charge in [0, 0.05) is 19.1 Å². The zero-order valence-electron chi connectivity index (χ0n) is 21.3. The van der Waals surface area contributed by atoms with Gasteiger partial charge >= 0.3 is 18.0 Å². The van der Waals surface area contributed by atoms with Crippen molar-refractivity contribution in [3.63, 3.8) is 0 Å². The summed E-state index contributed by atoms with van der Waals surface area (Å²) in [7, 11) is 2.06. The lowest BCUT2D eigenvalue weighted by molar-refractivity contribution is 0.0176. The predicted molar refractivity (Wildman–Crippen MR) is 125 cm³/mol. The fourth-order valence-corrected chi connectivity index (χ4v) is 4.26. The van der Waals surface area contributed by atoms with Gasteiger partial charge in [0.2, 0.25) is 0 Å². The number of amides is 1. The maximum Gasteiger partial charge on any atom is 0.410 e. The molecule has 1 aliphatic carbocycles. The molecule has 2 aliphatic rings. The molecule has 9 nitrogen and oxygen atoms in total. The average molecular weight is 513 g/mol. The molecule has 2 fully saturated rings. The van der Waals surface area contributed by atoms with Crippen molar-refractivity contribution >= 4 is 18.0 Å². The molecule has 11 heteroatoms. The molecule has 1 saturated heterocycles. The van der Waals surface area contributed by atoms with E-state index in [0.717, 1.165) is 33.6 Å². The molecule has 36 heavy (non-hydrogen) atoms. The minimum Gasteiger partial charge on any atom is -0.484 e. The molecule has 1 aliphatic heterocycles. The zero-order valence-corrected chi connectivity index (χ0v) is 21.3. The molecular formula is C25H34F2N2O7. The fourth-order valence-electron chi connectivity index (χ4n) is 4.26. The Morgan fingerprint density at radius 1 is 1.06 bits per heavy atom. The van der Waals surface area contributed by atoms with Crippen molar-refractivity contribution in [1.82, 2.24) is 10.2 Å². The smallest absolute Gasteiger partial charge is 0.410 e. The second-order valence-corrected chi connectivity index (χ2v) is 10.1. The highest BCUT2D eigenvalue weighted by Gasteiger charge is 2.36. The van der Waals surface area contributed by atoms with Gasteiger partial charge in [0.1, 0.15) is 17.3 Å². The van der Waals surface area contributed by atoms with Crippen LogP contribution in [-0.2, 0) is 14.2 Å². The summed E-state index contributed by atoms with van der Waals surface area (Å²) in [6.07, 6.45) is 2.04. The summed E-state index contributed by atoms with van der Waals surface area (Å²) in [6.45, 7) is 7.57. The summed E-state index contributed by atoms with van der Waals surface area (Å²) in [4.78, 5) is 37.8. The van der Waals surface area contributed by atoms with Crippen molar-refractivity contribution < 1.29 is 42.1 Å². The van der Waals surface area contributed by atoms with Crippen molar-refractivity contribution in [2.45, 2.75) is 64.2 Å². The standard InChI is InChI=1S/C25H34F2N2O7/c1-25(2,3)36-24(32)29-8-6-14(7-9-29)13-28-15-10-16(11-15)35-21-18(26)12-17(22(30)33-4)19(20(21)27)23(31)34-5/h12,14-16,28H,6-11,13H2,1-5H3/t15-,16-. The number of halogens is 2. The number of likely N-dealkylation sites (tertiary alicyclic amines) is 1. The first-order chi connectivity index (χ1) is 16.9. The van der Waals surface area contributed by atoms with E-state index in [0.29, 0.717) is 37.9 Å². The summed E-state index contributed by atoms with van der Waals surface area (Å²) >= 11 is 0. The topological polar surface area (TPSA) is 103 Å². The molecule has 0 unspecified atom stereocenters. The van der Waals surface area contributed by atoms with Gasteiger partial charge in [0.25, 0.3) is 0 Å². The van der Waals surface area contributed by atoms with Gasteiger partial charge in [0.05, 0.1) is 19.8 Å². The molecule has 1 saturated carbocycles. The molecular weight excluding hydrogens is 478 g/mol. The van der Waals surface area contributed by atoms with E-state index in [1.54, 1.807) is 4.90 Å². The number of piperidine rings is 1. The molecule has 0 spiro atoms. The number of hydrogen-bond donors (Lipinski definition) is 1. The van der Waals surface area contributed by atoms with E-state index in [4.69, 9.17) is 9.47 Å². The SMILES string of the molecule is COC(=O)c1cc(F)c(O[C@H]2C[C@H](NCC3CCN(C(=O)OC(C)(C)C)CC3)C2)c(F)c1C(=O)OC. The molecule has 0 aromatic heterocycles. The minimum absolute atomic E-state index is 0.124. The van der Waals surface area contributed by atoms with E-state index in [-0.39, 0.29) is 12.1 Å². The van der Waals surface area contributed by atoms with E-state index < -0.39 is 52.2 Å². The van der Waals surface area contributed by atoms with E-state index in [9.17, 15) is 23.2 Å². The van der Waals surface area contributed by atoms with E-state index in [1.165, 1.54) is 0 Å². The average Bonchev–Trinajstić information content (AvgIpc) is 2.80. The quantitative estimate of drug-likeness (QED) is 0.436. The third-order valence-corrected chi connectivity index (χ3v) is 6.31. The number of benzene rings is 1. The molecule has 3 rings (SSSR count). The Bertz CT molecular complexity index is 982. The second kappa shape index (κ2) is 11.4. The molecule has 1 aromatic carbocycles. The molecule has 0 radical (unpaired) electrons. The lowest BCUT2D eigenvalue weighted by Crippen LogP contribution is -2.49. The van der Waals surface area contributed by atoms with E-state index in [1.807, 2.05) is 20.8 Å². The van der Waals surface area contributed by atoms with Crippen molar-refractivity contribution in [3.8, 4) is 5.75 Å². The van der Waals surface area contributed by atoms with Crippen LogP contribution in [0.2, 0.25) is 0 Å². The van der Waals surface area contributed by atoms with Crippen molar-refractivity contribution in [2.75, 3.05) is 33.9 Å². The molecule has 1 aromatic rings. The van der Waals surface area contributed by atoms with Crippen molar-refractivity contribution in [3.05, 3.63) is 28.8 Å². The van der Waals surface area contributed by atoms with Crippen LogP contribution in [-0.4, -0.2) is 74.5 Å². The Labute approximate surface area is 209 Å². The summed E-state index contributed by atoms with van der Waals surface area (Å²) in [5.74, 6) is -4.91. The van der Waals surface area contributed by atoms with Crippen LogP contribution in [0, 0.1) is 17.6 Å². The van der Waals surface area contributed by atoms with Crippen LogP contribution in [0.4, 0.5) is 13.6 Å².